The summed E-state index contributed by atoms with van der Waals surface area (Å²) in [4.78, 5) is 50.3. The number of nitrogens with zero attached hydrogens (tertiary/aromatic N) is 2. The van der Waals surface area contributed by atoms with Crippen molar-refractivity contribution in [3.8, 4) is 0 Å². The number of esters is 1. The van der Waals surface area contributed by atoms with Crippen LogP contribution in [0.1, 0.15) is 83.1 Å². The van der Waals surface area contributed by atoms with E-state index in [4.69, 9.17) is 0 Å². The minimum Gasteiger partial charge on any atom is -0.468 e. The molecule has 4 bridgehead atoms. The van der Waals surface area contributed by atoms with Crippen LogP contribution in [0.2, 0.25) is 0 Å². The Bertz CT molecular complexity index is 1270. The highest BCUT2D eigenvalue weighted by molar-refractivity contribution is 5.84. The van der Waals surface area contributed by atoms with Crippen LogP contribution in [0.25, 0.3) is 10.9 Å². The summed E-state index contributed by atoms with van der Waals surface area (Å²) in [6.45, 7) is -0.562. The first-order chi connectivity index (χ1) is 18.9. The molecule has 9 heteroatoms. The zero-order valence-corrected chi connectivity index (χ0v) is 23.0. The number of aromatic nitrogens is 2. The molecule has 3 heterocycles. The van der Waals surface area contributed by atoms with Crippen LogP contribution in [-0.4, -0.2) is 46.7 Å². The molecule has 1 amide bonds. The van der Waals surface area contributed by atoms with Crippen molar-refractivity contribution in [2.45, 2.75) is 102 Å². The molecule has 2 saturated carbocycles. The van der Waals surface area contributed by atoms with E-state index in [1.807, 2.05) is 0 Å². The van der Waals surface area contributed by atoms with E-state index in [0.717, 1.165) is 43.9 Å². The van der Waals surface area contributed by atoms with Crippen molar-refractivity contribution >= 4 is 22.8 Å². The lowest BCUT2D eigenvalue weighted by Gasteiger charge is -2.40. The molecule has 212 valence electrons. The SMILES string of the molecule is C1CC2CCCC(C1)C2.COC(=O)CNC(=O)Cn1c(=O)n(C2CC3CCC[C@H](C2)N3)c(=O)c2ccccc21. The molecule has 0 spiro atoms. The maximum Gasteiger partial charge on any atom is 0.332 e. The summed E-state index contributed by atoms with van der Waals surface area (Å²) in [6, 6.07) is 7.22. The second-order valence-corrected chi connectivity index (χ2v) is 11.9. The number of hydrogen-bond acceptors (Lipinski definition) is 6. The van der Waals surface area contributed by atoms with Gasteiger partial charge in [-0.25, -0.2) is 4.79 Å². The first kappa shape index (κ1) is 27.6. The van der Waals surface area contributed by atoms with Gasteiger partial charge in [0, 0.05) is 18.1 Å². The Hall–Kier alpha value is -2.94. The number of fused-ring (bicyclic) bond motifs is 5. The van der Waals surface area contributed by atoms with Gasteiger partial charge in [0.15, 0.2) is 0 Å². The summed E-state index contributed by atoms with van der Waals surface area (Å²) in [5.41, 5.74) is -0.394. The van der Waals surface area contributed by atoms with E-state index in [-0.39, 0.29) is 24.7 Å². The van der Waals surface area contributed by atoms with Crippen LogP contribution in [0.5, 0.6) is 0 Å². The second-order valence-electron chi connectivity index (χ2n) is 11.9. The summed E-state index contributed by atoms with van der Waals surface area (Å²) < 4.78 is 7.18. The summed E-state index contributed by atoms with van der Waals surface area (Å²) >= 11 is 0. The minimum absolute atomic E-state index is 0.199. The van der Waals surface area contributed by atoms with Crippen molar-refractivity contribution < 1.29 is 14.3 Å². The molecule has 2 unspecified atom stereocenters. The Labute approximate surface area is 229 Å². The summed E-state index contributed by atoms with van der Waals surface area (Å²) in [6.07, 6.45) is 15.5. The van der Waals surface area contributed by atoms with E-state index in [2.05, 4.69) is 15.4 Å². The maximum atomic E-state index is 13.4. The van der Waals surface area contributed by atoms with Crippen LogP contribution in [0.15, 0.2) is 33.9 Å². The predicted molar refractivity (Wildman–Crippen MR) is 150 cm³/mol. The Kier molecular flexibility index (Phi) is 8.85. The number of hydrogen-bond donors (Lipinski definition) is 2. The lowest BCUT2D eigenvalue weighted by atomic mass is 9.72. The monoisotopic (exact) mass is 538 g/mol. The maximum absolute atomic E-state index is 13.4. The second kappa shape index (κ2) is 12.5. The molecule has 39 heavy (non-hydrogen) atoms. The van der Waals surface area contributed by atoms with E-state index < -0.39 is 17.6 Å². The lowest BCUT2D eigenvalue weighted by molar-refractivity contribution is -0.141. The van der Waals surface area contributed by atoms with Gasteiger partial charge in [-0.2, -0.15) is 0 Å². The molecule has 2 aliphatic heterocycles. The van der Waals surface area contributed by atoms with Gasteiger partial charge in [0.05, 0.1) is 18.0 Å². The number of carbonyl (C=O) groups is 2. The fourth-order valence-electron chi connectivity index (χ4n) is 7.33. The van der Waals surface area contributed by atoms with Gasteiger partial charge in [0.2, 0.25) is 5.91 Å². The average Bonchev–Trinajstić information content (AvgIpc) is 2.94. The Morgan fingerprint density at radius 3 is 2.15 bits per heavy atom. The summed E-state index contributed by atoms with van der Waals surface area (Å²) in [7, 11) is 1.23. The van der Waals surface area contributed by atoms with Crippen LogP contribution < -0.4 is 21.9 Å². The number of amides is 1. The molecular weight excluding hydrogens is 496 g/mol. The van der Waals surface area contributed by atoms with Crippen LogP contribution in [0.3, 0.4) is 0 Å². The van der Waals surface area contributed by atoms with Crippen molar-refractivity contribution in [1.29, 1.82) is 0 Å². The molecule has 2 N–H and O–H groups in total. The Morgan fingerprint density at radius 2 is 1.54 bits per heavy atom. The van der Waals surface area contributed by atoms with Gasteiger partial charge in [-0.05, 0) is 56.1 Å². The highest BCUT2D eigenvalue weighted by atomic mass is 16.5. The summed E-state index contributed by atoms with van der Waals surface area (Å²) in [5, 5.41) is 6.43. The first-order valence-electron chi connectivity index (χ1n) is 14.8. The fourth-order valence-corrected chi connectivity index (χ4v) is 7.33. The Morgan fingerprint density at radius 1 is 0.923 bits per heavy atom. The number of rotatable bonds is 5. The highest BCUT2D eigenvalue weighted by Crippen LogP contribution is 2.39. The van der Waals surface area contributed by atoms with Crippen molar-refractivity contribution in [2.75, 3.05) is 13.7 Å². The molecule has 4 fully saturated rings. The topological polar surface area (TPSA) is 111 Å². The molecule has 1 aromatic carbocycles. The van der Waals surface area contributed by atoms with Crippen LogP contribution in [-0.2, 0) is 20.9 Å². The molecule has 4 aliphatic rings. The molecule has 3 atom stereocenters. The number of ether oxygens (including phenoxy) is 1. The molecular formula is C30H42N4O5. The highest BCUT2D eigenvalue weighted by Gasteiger charge is 2.34. The first-order valence-corrected chi connectivity index (χ1v) is 14.8. The van der Waals surface area contributed by atoms with Gasteiger partial charge in [0.1, 0.15) is 13.1 Å². The van der Waals surface area contributed by atoms with E-state index >= 15 is 0 Å². The van der Waals surface area contributed by atoms with E-state index in [0.29, 0.717) is 23.0 Å². The molecule has 2 saturated heterocycles. The number of nitrogens with one attached hydrogen (secondary N) is 2. The summed E-state index contributed by atoms with van der Waals surface area (Å²) in [5.74, 6) is 1.22. The number of carbonyl (C=O) groups excluding carboxylic acids is 2. The zero-order chi connectivity index (χ0) is 27.4. The predicted octanol–water partition coefficient (Wildman–Crippen LogP) is 3.27. The largest absolute Gasteiger partial charge is 0.468 e. The van der Waals surface area contributed by atoms with Crippen molar-refractivity contribution in [3.05, 3.63) is 45.1 Å². The van der Waals surface area contributed by atoms with Gasteiger partial charge in [0.25, 0.3) is 5.56 Å². The molecule has 2 aromatic rings. The quantitative estimate of drug-likeness (QED) is 0.566. The normalized spacial score (nSPS) is 27.7. The lowest BCUT2D eigenvalue weighted by Crippen LogP contribution is -2.53. The van der Waals surface area contributed by atoms with Gasteiger partial charge < -0.3 is 15.4 Å². The average molecular weight is 539 g/mol. The van der Waals surface area contributed by atoms with E-state index in [9.17, 15) is 19.2 Å². The third kappa shape index (κ3) is 6.45. The number of benzene rings is 1. The molecule has 0 radical (unpaired) electrons. The molecule has 2 aliphatic carbocycles. The number of piperidine rings is 2. The molecule has 1 aromatic heterocycles. The van der Waals surface area contributed by atoms with Gasteiger partial charge >= 0.3 is 11.7 Å². The standard InChI is InChI=1S/C21H26N4O5.C9H16/c1-30-19(27)11-22-18(26)12-24-17-8-3-2-7-16(17)20(28)25(21(24)29)15-9-13-5-4-6-14(10-15)23-13;1-3-8-5-2-6-9(4-1)7-8/h2-3,7-8,13-15,23H,4-6,9-12H2,1H3,(H,22,26);8-9H,1-7H2/t13-,14?,15?;/m1./s1. The third-order valence-corrected chi connectivity index (χ3v) is 9.21. The van der Waals surface area contributed by atoms with Gasteiger partial charge in [-0.1, -0.05) is 57.1 Å². The van der Waals surface area contributed by atoms with Crippen molar-refractivity contribution in [2.24, 2.45) is 11.8 Å². The minimum atomic E-state index is -0.577. The third-order valence-electron chi connectivity index (χ3n) is 9.21. The van der Waals surface area contributed by atoms with Crippen LogP contribution >= 0.6 is 0 Å². The smallest absolute Gasteiger partial charge is 0.332 e. The number of para-hydroxylation sites is 1. The number of methoxy groups -OCH3 is 1. The van der Waals surface area contributed by atoms with Crippen LogP contribution in [0.4, 0.5) is 0 Å². The van der Waals surface area contributed by atoms with Gasteiger partial charge in [-0.3, -0.25) is 23.5 Å². The van der Waals surface area contributed by atoms with Gasteiger partial charge in [-0.15, -0.1) is 0 Å². The van der Waals surface area contributed by atoms with Crippen LogP contribution in [0, 0.1) is 11.8 Å². The van der Waals surface area contributed by atoms with Crippen molar-refractivity contribution in [1.82, 2.24) is 19.8 Å². The molecule has 6 rings (SSSR count). The Balaban J connectivity index is 0.000000287. The van der Waals surface area contributed by atoms with E-state index in [1.165, 1.54) is 29.1 Å². The zero-order valence-electron chi connectivity index (χ0n) is 23.0. The van der Waals surface area contributed by atoms with Crippen molar-refractivity contribution in [3.63, 3.8) is 0 Å². The fraction of sp³-hybridized carbons (Fsp3) is 0.667. The van der Waals surface area contributed by atoms with E-state index in [1.54, 1.807) is 56.4 Å². The molecule has 9 nitrogen and oxygen atoms in total.